The van der Waals surface area contributed by atoms with Crippen LogP contribution in [-0.4, -0.2) is 25.1 Å². The third-order valence-electron chi connectivity index (χ3n) is 2.90. The summed E-state index contributed by atoms with van der Waals surface area (Å²) < 4.78 is 5.61. The molecule has 0 saturated carbocycles. The molecule has 0 aliphatic rings. The molecule has 1 rings (SSSR count). The van der Waals surface area contributed by atoms with Crippen LogP contribution in [0.25, 0.3) is 0 Å². The molecule has 1 aromatic carbocycles. The summed E-state index contributed by atoms with van der Waals surface area (Å²) in [5.74, 6) is 2.15. The van der Waals surface area contributed by atoms with E-state index in [0.717, 1.165) is 25.3 Å². The molecule has 17 heavy (non-hydrogen) atoms. The Labute approximate surface area is 109 Å². The average molecular weight is 256 g/mol. The number of hydrogen-bond acceptors (Lipinski definition) is 2. The molecule has 0 aliphatic heterocycles. The van der Waals surface area contributed by atoms with Crippen molar-refractivity contribution in [1.29, 1.82) is 0 Å². The van der Waals surface area contributed by atoms with Crippen molar-refractivity contribution >= 4 is 11.6 Å². The summed E-state index contributed by atoms with van der Waals surface area (Å²) in [5, 5.41) is 3.46. The topological polar surface area (TPSA) is 21.3 Å². The van der Waals surface area contributed by atoms with Crippen LogP contribution in [0.4, 0.5) is 0 Å². The molecule has 0 bridgehead atoms. The molecule has 2 atom stereocenters. The van der Waals surface area contributed by atoms with Gasteiger partial charge in [0.2, 0.25) is 0 Å². The van der Waals surface area contributed by atoms with Gasteiger partial charge in [0.1, 0.15) is 5.75 Å². The highest BCUT2D eigenvalue weighted by atomic mass is 35.5. The van der Waals surface area contributed by atoms with Gasteiger partial charge in [-0.1, -0.05) is 25.1 Å². The molecule has 2 unspecified atom stereocenters. The molecule has 96 valence electrons. The van der Waals surface area contributed by atoms with Crippen LogP contribution in [0.1, 0.15) is 20.3 Å². The molecule has 0 heterocycles. The van der Waals surface area contributed by atoms with Crippen molar-refractivity contribution in [2.45, 2.75) is 26.3 Å². The Bertz CT molecular complexity index is 292. The Morgan fingerprint density at radius 2 is 1.94 bits per heavy atom. The quantitative estimate of drug-likeness (QED) is 0.569. The van der Waals surface area contributed by atoms with Crippen molar-refractivity contribution < 1.29 is 4.74 Å². The van der Waals surface area contributed by atoms with E-state index in [0.29, 0.717) is 17.8 Å². The van der Waals surface area contributed by atoms with Gasteiger partial charge in [-0.05, 0) is 37.9 Å². The second-order valence-corrected chi connectivity index (χ2v) is 4.70. The standard InChI is InChI=1S/C14H22ClNO/c1-12(11-15)13(2)16-9-6-10-17-14-7-4-3-5-8-14/h3-5,7-8,12-13,16H,6,9-11H2,1-2H3. The number of halogens is 1. The van der Waals surface area contributed by atoms with Gasteiger partial charge < -0.3 is 10.1 Å². The van der Waals surface area contributed by atoms with Crippen LogP contribution in [0.15, 0.2) is 30.3 Å². The van der Waals surface area contributed by atoms with Gasteiger partial charge in [0.15, 0.2) is 0 Å². The Hall–Kier alpha value is -0.730. The maximum absolute atomic E-state index is 5.80. The molecule has 0 saturated heterocycles. The number of para-hydroxylation sites is 1. The highest BCUT2D eigenvalue weighted by Crippen LogP contribution is 2.08. The number of alkyl halides is 1. The fourth-order valence-corrected chi connectivity index (χ4v) is 1.71. The first-order chi connectivity index (χ1) is 8.24. The number of rotatable bonds is 8. The van der Waals surface area contributed by atoms with E-state index >= 15 is 0 Å². The minimum Gasteiger partial charge on any atom is -0.494 e. The first-order valence-corrected chi connectivity index (χ1v) is 6.74. The molecule has 0 spiro atoms. The van der Waals surface area contributed by atoms with Crippen molar-refractivity contribution in [3.63, 3.8) is 0 Å². The third-order valence-corrected chi connectivity index (χ3v) is 3.38. The predicted molar refractivity (Wildman–Crippen MR) is 73.9 cm³/mol. The van der Waals surface area contributed by atoms with Crippen LogP contribution in [0.2, 0.25) is 0 Å². The van der Waals surface area contributed by atoms with Crippen LogP contribution in [0.3, 0.4) is 0 Å². The molecule has 0 aliphatic carbocycles. The van der Waals surface area contributed by atoms with Crippen LogP contribution in [0, 0.1) is 5.92 Å². The lowest BCUT2D eigenvalue weighted by Crippen LogP contribution is -2.34. The van der Waals surface area contributed by atoms with Crippen molar-refractivity contribution in [2.24, 2.45) is 5.92 Å². The fourth-order valence-electron chi connectivity index (χ4n) is 1.44. The predicted octanol–water partition coefficient (Wildman–Crippen LogP) is 3.31. The minimum atomic E-state index is 0.462. The highest BCUT2D eigenvalue weighted by Gasteiger charge is 2.09. The Morgan fingerprint density at radius 1 is 1.24 bits per heavy atom. The van der Waals surface area contributed by atoms with Crippen LogP contribution < -0.4 is 10.1 Å². The SMILES string of the molecule is CC(CCl)C(C)NCCCOc1ccccc1. The molecule has 3 heteroatoms. The largest absolute Gasteiger partial charge is 0.494 e. The summed E-state index contributed by atoms with van der Waals surface area (Å²) in [7, 11) is 0. The van der Waals surface area contributed by atoms with E-state index < -0.39 is 0 Å². The summed E-state index contributed by atoms with van der Waals surface area (Å²) in [6, 6.07) is 10.4. The summed E-state index contributed by atoms with van der Waals surface area (Å²) in [6.45, 7) is 6.05. The van der Waals surface area contributed by atoms with E-state index in [4.69, 9.17) is 16.3 Å². The summed E-state index contributed by atoms with van der Waals surface area (Å²) in [4.78, 5) is 0. The van der Waals surface area contributed by atoms with Crippen LogP contribution >= 0.6 is 11.6 Å². The summed E-state index contributed by atoms with van der Waals surface area (Å²) >= 11 is 5.80. The molecule has 0 amide bonds. The van der Waals surface area contributed by atoms with Gasteiger partial charge in [-0.2, -0.15) is 0 Å². The van der Waals surface area contributed by atoms with E-state index in [-0.39, 0.29) is 0 Å². The van der Waals surface area contributed by atoms with Gasteiger partial charge in [-0.15, -0.1) is 11.6 Å². The zero-order valence-corrected chi connectivity index (χ0v) is 11.4. The minimum absolute atomic E-state index is 0.462. The maximum atomic E-state index is 5.80. The van der Waals surface area contributed by atoms with Crippen LogP contribution in [0.5, 0.6) is 5.75 Å². The maximum Gasteiger partial charge on any atom is 0.119 e. The van der Waals surface area contributed by atoms with Crippen molar-refractivity contribution in [3.05, 3.63) is 30.3 Å². The van der Waals surface area contributed by atoms with E-state index in [9.17, 15) is 0 Å². The third kappa shape index (κ3) is 5.94. The molecule has 2 nitrogen and oxygen atoms in total. The van der Waals surface area contributed by atoms with Crippen molar-refractivity contribution in [3.8, 4) is 5.75 Å². The number of hydrogen-bond donors (Lipinski definition) is 1. The molecule has 1 aromatic rings. The van der Waals surface area contributed by atoms with E-state index in [1.807, 2.05) is 30.3 Å². The lowest BCUT2D eigenvalue weighted by Gasteiger charge is -2.19. The summed E-state index contributed by atoms with van der Waals surface area (Å²) in [5.41, 5.74) is 0. The Kier molecular flexibility index (Phi) is 7.06. The van der Waals surface area contributed by atoms with Gasteiger partial charge in [0.05, 0.1) is 6.61 Å². The van der Waals surface area contributed by atoms with Crippen LogP contribution in [-0.2, 0) is 0 Å². The number of nitrogens with one attached hydrogen (secondary N) is 1. The first-order valence-electron chi connectivity index (χ1n) is 6.21. The molecular formula is C14H22ClNO. The van der Waals surface area contributed by atoms with Gasteiger partial charge in [-0.3, -0.25) is 0 Å². The molecular weight excluding hydrogens is 234 g/mol. The van der Waals surface area contributed by atoms with Gasteiger partial charge in [-0.25, -0.2) is 0 Å². The second kappa shape index (κ2) is 8.37. The van der Waals surface area contributed by atoms with Crippen molar-refractivity contribution in [1.82, 2.24) is 5.32 Å². The second-order valence-electron chi connectivity index (χ2n) is 4.39. The lowest BCUT2D eigenvalue weighted by atomic mass is 10.1. The Balaban J connectivity index is 2.05. The number of benzene rings is 1. The molecule has 0 fully saturated rings. The normalized spacial score (nSPS) is 14.3. The fraction of sp³-hybridized carbons (Fsp3) is 0.571. The average Bonchev–Trinajstić information content (AvgIpc) is 2.38. The molecule has 0 radical (unpaired) electrons. The number of ether oxygens (including phenoxy) is 1. The van der Waals surface area contributed by atoms with E-state index in [1.165, 1.54) is 0 Å². The van der Waals surface area contributed by atoms with Gasteiger partial charge >= 0.3 is 0 Å². The van der Waals surface area contributed by atoms with Gasteiger partial charge in [0.25, 0.3) is 0 Å². The smallest absolute Gasteiger partial charge is 0.119 e. The zero-order chi connectivity index (χ0) is 12.5. The first kappa shape index (κ1) is 14.3. The highest BCUT2D eigenvalue weighted by molar-refractivity contribution is 6.18. The van der Waals surface area contributed by atoms with E-state index in [2.05, 4.69) is 19.2 Å². The Morgan fingerprint density at radius 3 is 2.59 bits per heavy atom. The molecule has 0 aromatic heterocycles. The van der Waals surface area contributed by atoms with E-state index in [1.54, 1.807) is 0 Å². The van der Waals surface area contributed by atoms with Gasteiger partial charge in [0, 0.05) is 11.9 Å². The van der Waals surface area contributed by atoms with Crippen molar-refractivity contribution in [2.75, 3.05) is 19.0 Å². The monoisotopic (exact) mass is 255 g/mol. The molecule has 1 N–H and O–H groups in total. The lowest BCUT2D eigenvalue weighted by molar-refractivity contribution is 0.301. The zero-order valence-electron chi connectivity index (χ0n) is 10.7. The summed E-state index contributed by atoms with van der Waals surface area (Å²) in [6.07, 6.45) is 1.01.